The molecule has 0 fully saturated rings. The second-order valence-corrected chi connectivity index (χ2v) is 5.39. The maximum atomic E-state index is 14.2. The number of amides is 1. The van der Waals surface area contributed by atoms with Gasteiger partial charge in [-0.25, -0.2) is 9.07 Å². The van der Waals surface area contributed by atoms with Crippen molar-refractivity contribution in [1.29, 1.82) is 0 Å². The Balaban J connectivity index is 2.08. The molecule has 0 saturated heterocycles. The number of carbonyl (C=O) groups excluding carboxylic acids is 1. The Labute approximate surface area is 138 Å². The second kappa shape index (κ2) is 6.67. The van der Waals surface area contributed by atoms with Gasteiger partial charge in [0.25, 0.3) is 5.91 Å². The molecule has 2 N–H and O–H groups in total. The number of rotatable bonds is 5. The highest BCUT2D eigenvalue weighted by molar-refractivity contribution is 5.97. The number of nitrogens with zero attached hydrogens (tertiary/aromatic N) is 3. The first-order valence-electron chi connectivity index (χ1n) is 7.50. The number of aliphatic hydroxyl groups is 1. The van der Waals surface area contributed by atoms with Gasteiger partial charge in [0.1, 0.15) is 17.1 Å². The Bertz CT molecular complexity index is 840. The molecule has 3 aromatic rings. The molecule has 1 amide bonds. The zero-order chi connectivity index (χ0) is 17.1. The van der Waals surface area contributed by atoms with Crippen LogP contribution in [0.4, 0.5) is 4.39 Å². The highest BCUT2D eigenvalue weighted by Gasteiger charge is 2.21. The molecule has 2 heterocycles. The van der Waals surface area contributed by atoms with Crippen LogP contribution < -0.4 is 5.32 Å². The Morgan fingerprint density at radius 1 is 1.29 bits per heavy atom. The van der Waals surface area contributed by atoms with Gasteiger partial charge < -0.3 is 15.0 Å². The van der Waals surface area contributed by atoms with Gasteiger partial charge in [0.05, 0.1) is 12.3 Å². The van der Waals surface area contributed by atoms with Crippen molar-refractivity contribution in [2.75, 3.05) is 6.54 Å². The van der Waals surface area contributed by atoms with Crippen LogP contribution in [-0.4, -0.2) is 38.0 Å². The van der Waals surface area contributed by atoms with E-state index >= 15 is 0 Å². The third-order valence-corrected chi connectivity index (χ3v) is 3.48. The van der Waals surface area contributed by atoms with Gasteiger partial charge in [0, 0.05) is 18.9 Å². The summed E-state index contributed by atoms with van der Waals surface area (Å²) in [6, 6.07) is 9.82. The molecule has 0 spiro atoms. The first kappa shape index (κ1) is 15.9. The molecule has 0 unspecified atom stereocenters. The maximum absolute atomic E-state index is 14.2. The Hall–Kier alpha value is -2.93. The van der Waals surface area contributed by atoms with Crippen LogP contribution in [0.5, 0.6) is 0 Å². The average Bonchev–Trinajstić information content (AvgIpc) is 3.21. The fourth-order valence-corrected chi connectivity index (χ4v) is 2.36. The topological polar surface area (TPSA) is 72.1 Å². The minimum Gasteiger partial charge on any atom is -0.392 e. The molecular weight excluding hydrogens is 311 g/mol. The largest absolute Gasteiger partial charge is 0.392 e. The Morgan fingerprint density at radius 3 is 2.67 bits per heavy atom. The van der Waals surface area contributed by atoms with Crippen molar-refractivity contribution in [3.8, 4) is 11.5 Å². The smallest absolute Gasteiger partial charge is 0.256 e. The number of aromatic nitrogens is 3. The molecule has 6 nitrogen and oxygen atoms in total. The first-order valence-corrected chi connectivity index (χ1v) is 7.50. The quantitative estimate of drug-likeness (QED) is 0.751. The molecule has 0 aliphatic rings. The van der Waals surface area contributed by atoms with E-state index < -0.39 is 11.9 Å². The van der Waals surface area contributed by atoms with Crippen LogP contribution in [0.15, 0.2) is 55.0 Å². The van der Waals surface area contributed by atoms with E-state index in [2.05, 4.69) is 10.4 Å². The molecule has 0 aliphatic heterocycles. The van der Waals surface area contributed by atoms with Crippen LogP contribution in [0, 0.1) is 5.82 Å². The van der Waals surface area contributed by atoms with E-state index in [0.717, 1.165) is 0 Å². The Morgan fingerprint density at radius 2 is 2.00 bits per heavy atom. The number of halogens is 1. The van der Waals surface area contributed by atoms with Crippen LogP contribution in [-0.2, 0) is 0 Å². The summed E-state index contributed by atoms with van der Waals surface area (Å²) in [5.74, 6) is -0.402. The molecule has 0 bridgehead atoms. The summed E-state index contributed by atoms with van der Waals surface area (Å²) in [4.78, 5) is 12.4. The summed E-state index contributed by atoms with van der Waals surface area (Å²) in [5.41, 5.74) is 0.533. The third-order valence-electron chi connectivity index (χ3n) is 3.48. The van der Waals surface area contributed by atoms with Crippen LogP contribution in [0.1, 0.15) is 17.3 Å². The van der Waals surface area contributed by atoms with Crippen LogP contribution in [0.3, 0.4) is 0 Å². The lowest BCUT2D eigenvalue weighted by Crippen LogP contribution is -2.31. The van der Waals surface area contributed by atoms with Gasteiger partial charge in [-0.1, -0.05) is 12.1 Å². The molecule has 3 rings (SSSR count). The van der Waals surface area contributed by atoms with Gasteiger partial charge in [0.15, 0.2) is 5.82 Å². The van der Waals surface area contributed by atoms with E-state index in [1.165, 1.54) is 16.9 Å². The number of hydrogen-bond acceptors (Lipinski definition) is 3. The molecule has 0 radical (unpaired) electrons. The molecular formula is C17H17FN4O2. The van der Waals surface area contributed by atoms with E-state index in [0.29, 0.717) is 5.82 Å². The molecule has 0 saturated carbocycles. The maximum Gasteiger partial charge on any atom is 0.256 e. The number of hydrogen-bond donors (Lipinski definition) is 2. The van der Waals surface area contributed by atoms with Crippen molar-refractivity contribution in [3.63, 3.8) is 0 Å². The lowest BCUT2D eigenvalue weighted by molar-refractivity contribution is 0.0924. The molecule has 1 aromatic carbocycles. The minimum atomic E-state index is -0.661. The van der Waals surface area contributed by atoms with Crippen molar-refractivity contribution in [1.82, 2.24) is 19.7 Å². The summed E-state index contributed by atoms with van der Waals surface area (Å²) in [6.07, 6.45) is 4.23. The van der Waals surface area contributed by atoms with Crippen LogP contribution >= 0.6 is 0 Å². The summed E-state index contributed by atoms with van der Waals surface area (Å²) in [7, 11) is 0. The van der Waals surface area contributed by atoms with Gasteiger partial charge in [0.2, 0.25) is 0 Å². The highest BCUT2D eigenvalue weighted by atomic mass is 19.1. The predicted octanol–water partition coefficient (Wildman–Crippen LogP) is 1.91. The fourth-order valence-electron chi connectivity index (χ4n) is 2.36. The highest BCUT2D eigenvalue weighted by Crippen LogP contribution is 2.21. The number of para-hydroxylation sites is 1. The predicted molar refractivity (Wildman–Crippen MR) is 86.9 cm³/mol. The summed E-state index contributed by atoms with van der Waals surface area (Å²) >= 11 is 0. The summed E-state index contributed by atoms with van der Waals surface area (Å²) < 4.78 is 17.2. The van der Waals surface area contributed by atoms with Gasteiger partial charge in [-0.05, 0) is 31.2 Å². The molecule has 2 aromatic heterocycles. The third kappa shape index (κ3) is 3.07. The van der Waals surface area contributed by atoms with Gasteiger partial charge in [-0.15, -0.1) is 0 Å². The zero-order valence-corrected chi connectivity index (χ0v) is 13.1. The lowest BCUT2D eigenvalue weighted by atomic mass is 10.2. The molecule has 1 atom stereocenters. The van der Waals surface area contributed by atoms with E-state index in [4.69, 9.17) is 0 Å². The number of nitrogens with one attached hydrogen (secondary N) is 1. The summed E-state index contributed by atoms with van der Waals surface area (Å²) in [6.45, 7) is 1.70. The molecule has 24 heavy (non-hydrogen) atoms. The van der Waals surface area contributed by atoms with E-state index in [9.17, 15) is 14.3 Å². The molecule has 0 aliphatic carbocycles. The van der Waals surface area contributed by atoms with Gasteiger partial charge in [-0.3, -0.25) is 4.79 Å². The fraction of sp³-hybridized carbons (Fsp3) is 0.176. The SMILES string of the molecule is C[C@H](O)CNC(=O)c1cnn(-c2ccccc2F)c1-n1cccc1. The van der Waals surface area contributed by atoms with Crippen molar-refractivity contribution in [3.05, 3.63) is 66.4 Å². The Kier molecular flexibility index (Phi) is 4.43. The van der Waals surface area contributed by atoms with Crippen LogP contribution in [0.25, 0.3) is 11.5 Å². The number of benzene rings is 1. The van der Waals surface area contributed by atoms with Crippen molar-refractivity contribution < 1.29 is 14.3 Å². The van der Waals surface area contributed by atoms with E-state index in [1.807, 2.05) is 0 Å². The van der Waals surface area contributed by atoms with Crippen molar-refractivity contribution in [2.45, 2.75) is 13.0 Å². The van der Waals surface area contributed by atoms with Crippen molar-refractivity contribution >= 4 is 5.91 Å². The molecule has 124 valence electrons. The summed E-state index contributed by atoms with van der Waals surface area (Å²) in [5, 5.41) is 16.1. The first-order chi connectivity index (χ1) is 11.6. The normalized spacial score (nSPS) is 12.1. The number of aliphatic hydroxyl groups excluding tert-OH is 1. The zero-order valence-electron chi connectivity index (χ0n) is 13.1. The second-order valence-electron chi connectivity index (χ2n) is 5.39. The van der Waals surface area contributed by atoms with E-state index in [1.54, 1.807) is 54.2 Å². The average molecular weight is 328 g/mol. The standard InChI is InChI=1S/C17H17FN4O2/c1-12(23)10-19-16(24)13-11-20-22(15-7-3-2-6-14(15)18)17(13)21-8-4-5-9-21/h2-9,11-12,23H,10H2,1H3,(H,19,24)/t12-/m0/s1. The van der Waals surface area contributed by atoms with E-state index in [-0.39, 0.29) is 23.7 Å². The lowest BCUT2D eigenvalue weighted by Gasteiger charge is -2.12. The van der Waals surface area contributed by atoms with Crippen molar-refractivity contribution in [2.24, 2.45) is 0 Å². The number of carbonyl (C=O) groups is 1. The van der Waals surface area contributed by atoms with Crippen LogP contribution in [0.2, 0.25) is 0 Å². The monoisotopic (exact) mass is 328 g/mol. The van der Waals surface area contributed by atoms with Gasteiger partial charge in [-0.2, -0.15) is 5.10 Å². The van der Waals surface area contributed by atoms with Gasteiger partial charge >= 0.3 is 0 Å². The molecule has 7 heteroatoms. The minimum absolute atomic E-state index is 0.120.